The molecule has 6 atom stereocenters. The Morgan fingerprint density at radius 1 is 1.26 bits per heavy atom. The van der Waals surface area contributed by atoms with Gasteiger partial charge in [0.2, 0.25) is 17.7 Å². The molecule has 4 rings (SSSR count). The van der Waals surface area contributed by atoms with Gasteiger partial charge < -0.3 is 25.4 Å². The molecule has 0 aliphatic carbocycles. The average molecular weight is 430 g/mol. The summed E-state index contributed by atoms with van der Waals surface area (Å²) >= 11 is 0. The molecule has 8 heteroatoms. The monoisotopic (exact) mass is 429 g/mol. The molecule has 1 aromatic carbocycles. The number of amides is 3. The highest BCUT2D eigenvalue weighted by Crippen LogP contribution is 2.65. The topological polar surface area (TPSA) is 108 Å². The first kappa shape index (κ1) is 21.8. The molecule has 3 amide bonds. The van der Waals surface area contributed by atoms with Crippen molar-refractivity contribution in [2.45, 2.75) is 57.4 Å². The molecule has 3 aliphatic rings. The Balaban J connectivity index is 1.74. The van der Waals surface area contributed by atoms with E-state index in [-0.39, 0.29) is 42.8 Å². The van der Waals surface area contributed by atoms with Crippen LogP contribution in [0, 0.1) is 17.8 Å². The van der Waals surface area contributed by atoms with Crippen molar-refractivity contribution in [3.05, 3.63) is 30.3 Å². The van der Waals surface area contributed by atoms with Crippen LogP contribution in [0.5, 0.6) is 0 Å². The maximum Gasteiger partial charge on any atom is 0.246 e. The normalized spacial score (nSPS) is 36.1. The van der Waals surface area contributed by atoms with Gasteiger partial charge in [0, 0.05) is 18.3 Å². The molecule has 3 fully saturated rings. The summed E-state index contributed by atoms with van der Waals surface area (Å²) in [6.07, 6.45) is 0.507. The van der Waals surface area contributed by atoms with Crippen LogP contribution in [0.1, 0.15) is 34.1 Å². The number of carbonyl (C=O) groups is 3. The Morgan fingerprint density at radius 2 is 1.94 bits per heavy atom. The number of ether oxygens (including phenoxy) is 1. The van der Waals surface area contributed by atoms with Gasteiger partial charge in [-0.25, -0.2) is 0 Å². The lowest BCUT2D eigenvalue weighted by Crippen LogP contribution is -2.57. The first-order chi connectivity index (χ1) is 14.7. The summed E-state index contributed by atoms with van der Waals surface area (Å²) in [6, 6.07) is 8.11. The van der Waals surface area contributed by atoms with Gasteiger partial charge in [-0.1, -0.05) is 25.1 Å². The third kappa shape index (κ3) is 3.15. The second-order valence-electron chi connectivity index (χ2n) is 9.48. The van der Waals surface area contributed by atoms with E-state index in [1.54, 1.807) is 12.1 Å². The van der Waals surface area contributed by atoms with Crippen LogP contribution in [0.25, 0.3) is 0 Å². The minimum absolute atomic E-state index is 0.0218. The fraction of sp³-hybridized carbons (Fsp3) is 0.609. The van der Waals surface area contributed by atoms with Crippen LogP contribution in [-0.2, 0) is 19.1 Å². The van der Waals surface area contributed by atoms with Crippen molar-refractivity contribution in [3.8, 4) is 0 Å². The van der Waals surface area contributed by atoms with Crippen LogP contribution in [0.4, 0.5) is 5.69 Å². The van der Waals surface area contributed by atoms with Crippen molar-refractivity contribution in [3.63, 3.8) is 0 Å². The predicted octanol–water partition coefficient (Wildman–Crippen LogP) is 1.15. The van der Waals surface area contributed by atoms with Crippen LogP contribution in [0.3, 0.4) is 0 Å². The second kappa shape index (κ2) is 7.60. The number of anilines is 1. The summed E-state index contributed by atoms with van der Waals surface area (Å²) in [5, 5.41) is 15.4. The number of hydrogen-bond acceptors (Lipinski definition) is 5. The van der Waals surface area contributed by atoms with E-state index in [0.717, 1.165) is 0 Å². The lowest BCUT2D eigenvalue weighted by atomic mass is 9.62. The zero-order chi connectivity index (χ0) is 22.6. The summed E-state index contributed by atoms with van der Waals surface area (Å²) in [7, 11) is 0. The Bertz CT molecular complexity index is 890. The molecule has 168 valence electrons. The molecular formula is C23H31N3O5. The van der Waals surface area contributed by atoms with E-state index in [1.165, 1.54) is 4.90 Å². The number of carbonyl (C=O) groups excluding carboxylic acids is 3. The number of benzene rings is 1. The van der Waals surface area contributed by atoms with E-state index in [9.17, 15) is 19.5 Å². The molecule has 3 aliphatic heterocycles. The van der Waals surface area contributed by atoms with Gasteiger partial charge in [-0.2, -0.15) is 0 Å². The Hall–Kier alpha value is -2.45. The van der Waals surface area contributed by atoms with Crippen molar-refractivity contribution in [2.75, 3.05) is 18.5 Å². The Morgan fingerprint density at radius 3 is 2.55 bits per heavy atom. The molecule has 8 nitrogen and oxygen atoms in total. The molecule has 3 heterocycles. The van der Waals surface area contributed by atoms with Crippen molar-refractivity contribution in [2.24, 2.45) is 17.8 Å². The van der Waals surface area contributed by atoms with E-state index >= 15 is 0 Å². The molecule has 0 radical (unpaired) electrons. The molecule has 0 saturated carbocycles. The molecule has 1 aromatic rings. The number of β-amino-alcohol motifs (C(OH)–C–C–N with tert-alkyl or cyclic N) is 1. The zero-order valence-corrected chi connectivity index (χ0v) is 18.4. The van der Waals surface area contributed by atoms with Crippen molar-refractivity contribution in [1.82, 2.24) is 10.2 Å². The quantitative estimate of drug-likeness (QED) is 0.629. The average Bonchev–Trinajstić information content (AvgIpc) is 3.20. The first-order valence-corrected chi connectivity index (χ1v) is 10.9. The molecule has 3 unspecified atom stereocenters. The van der Waals surface area contributed by atoms with Gasteiger partial charge >= 0.3 is 0 Å². The van der Waals surface area contributed by atoms with Gasteiger partial charge in [-0.3, -0.25) is 14.4 Å². The van der Waals surface area contributed by atoms with Gasteiger partial charge in [0.1, 0.15) is 11.6 Å². The highest BCUT2D eigenvalue weighted by atomic mass is 16.5. The van der Waals surface area contributed by atoms with E-state index in [0.29, 0.717) is 12.1 Å². The second-order valence-corrected chi connectivity index (χ2v) is 9.48. The van der Waals surface area contributed by atoms with E-state index in [1.807, 2.05) is 45.9 Å². The van der Waals surface area contributed by atoms with Gasteiger partial charge in [0.05, 0.1) is 24.0 Å². The number of hydrogen-bond donors (Lipinski definition) is 3. The highest BCUT2D eigenvalue weighted by Gasteiger charge is 2.79. The minimum Gasteiger partial charge on any atom is -0.395 e. The third-order valence-electron chi connectivity index (χ3n) is 7.16. The number of aliphatic hydroxyl groups is 1. The lowest BCUT2D eigenvalue weighted by Gasteiger charge is -2.36. The smallest absolute Gasteiger partial charge is 0.246 e. The standard InChI is InChI=1S/C23H31N3O5/c1-13(2)24-20(29)18-23-12-14(3)22(4,31-23)16(17(23)21(30)26(18)10-11-27)19(28)25-15-8-6-5-7-9-15/h5-9,13-14,16-18,27H,10-12H2,1-4H3,(H,24,29)(H,25,28)/t14?,16-,17-,18?,22+,23?/m0/s1. The molecule has 0 aromatic heterocycles. The minimum atomic E-state index is -1.09. The van der Waals surface area contributed by atoms with Crippen molar-refractivity contribution in [1.29, 1.82) is 0 Å². The number of rotatable bonds is 6. The van der Waals surface area contributed by atoms with Crippen LogP contribution in [-0.4, -0.2) is 64.2 Å². The van der Waals surface area contributed by atoms with E-state index < -0.39 is 29.1 Å². The number of fused-ring (bicyclic) bond motifs is 1. The van der Waals surface area contributed by atoms with Crippen LogP contribution < -0.4 is 10.6 Å². The molecular weight excluding hydrogens is 398 g/mol. The fourth-order valence-electron chi connectivity index (χ4n) is 5.89. The largest absolute Gasteiger partial charge is 0.395 e. The van der Waals surface area contributed by atoms with Gasteiger partial charge in [0.15, 0.2) is 0 Å². The first-order valence-electron chi connectivity index (χ1n) is 10.9. The summed E-state index contributed by atoms with van der Waals surface area (Å²) in [6.45, 7) is 7.34. The predicted molar refractivity (Wildman–Crippen MR) is 114 cm³/mol. The molecule has 3 N–H and O–H groups in total. The van der Waals surface area contributed by atoms with Gasteiger partial charge in [0.25, 0.3) is 0 Å². The SMILES string of the molecule is CC(C)NC(=O)C1N(CCO)C(=O)[C@@H]2[C@@H](C(=O)Nc3ccccc3)[C@]3(C)OC12CC3C. The Kier molecular flexibility index (Phi) is 5.34. The van der Waals surface area contributed by atoms with Crippen molar-refractivity contribution >= 4 is 23.4 Å². The Labute approximate surface area is 182 Å². The van der Waals surface area contributed by atoms with Gasteiger partial charge in [-0.05, 0) is 45.2 Å². The third-order valence-corrected chi connectivity index (χ3v) is 7.16. The highest BCUT2D eigenvalue weighted by molar-refractivity contribution is 6.02. The fourth-order valence-corrected chi connectivity index (χ4v) is 5.89. The molecule has 31 heavy (non-hydrogen) atoms. The maximum atomic E-state index is 13.6. The number of nitrogens with zero attached hydrogens (tertiary/aromatic N) is 1. The number of likely N-dealkylation sites (tertiary alicyclic amines) is 1. The number of para-hydroxylation sites is 1. The molecule has 3 saturated heterocycles. The van der Waals surface area contributed by atoms with Crippen molar-refractivity contribution < 1.29 is 24.2 Å². The van der Waals surface area contributed by atoms with Crippen LogP contribution in [0.2, 0.25) is 0 Å². The van der Waals surface area contributed by atoms with Crippen LogP contribution >= 0.6 is 0 Å². The number of nitrogens with one attached hydrogen (secondary N) is 2. The summed E-state index contributed by atoms with van der Waals surface area (Å²) in [5.41, 5.74) is -1.30. The maximum absolute atomic E-state index is 13.6. The summed E-state index contributed by atoms with van der Waals surface area (Å²) in [4.78, 5) is 41.6. The lowest BCUT2D eigenvalue weighted by molar-refractivity contribution is -0.146. The zero-order valence-electron chi connectivity index (χ0n) is 18.4. The van der Waals surface area contributed by atoms with Crippen LogP contribution in [0.15, 0.2) is 30.3 Å². The summed E-state index contributed by atoms with van der Waals surface area (Å²) < 4.78 is 6.55. The molecule has 2 bridgehead atoms. The molecule has 1 spiro atoms. The summed E-state index contributed by atoms with van der Waals surface area (Å²) in [5.74, 6) is -2.42. The number of aliphatic hydroxyl groups excluding tert-OH is 1. The van der Waals surface area contributed by atoms with E-state index in [2.05, 4.69) is 10.6 Å². The van der Waals surface area contributed by atoms with Gasteiger partial charge in [-0.15, -0.1) is 0 Å². The van der Waals surface area contributed by atoms with E-state index in [4.69, 9.17) is 4.74 Å².